The lowest BCUT2D eigenvalue weighted by atomic mass is 10.2. The molecule has 1 aliphatic rings. The third-order valence-corrected chi connectivity index (χ3v) is 5.30. The van der Waals surface area contributed by atoms with Crippen LogP contribution in [0.2, 0.25) is 0 Å². The monoisotopic (exact) mass is 367 g/mol. The molecule has 0 aliphatic carbocycles. The molecular weight excluding hydrogens is 353 g/mol. The number of halogens is 1. The lowest BCUT2D eigenvalue weighted by Gasteiger charge is -2.22. The maximum Gasteiger partial charge on any atom is 0.235 e. The number of ether oxygens (including phenoxy) is 1. The molecule has 0 aromatic heterocycles. The zero-order valence-corrected chi connectivity index (χ0v) is 12.2. The summed E-state index contributed by atoms with van der Waals surface area (Å²) < 4.78 is 33.0. The molecule has 94 valence electrons. The molecule has 0 spiro atoms. The van der Waals surface area contributed by atoms with E-state index in [1.807, 2.05) is 12.1 Å². The van der Waals surface area contributed by atoms with E-state index in [4.69, 9.17) is 4.74 Å². The van der Waals surface area contributed by atoms with Crippen LogP contribution in [-0.4, -0.2) is 26.9 Å². The number of benzene rings is 1. The van der Waals surface area contributed by atoms with Crippen LogP contribution in [0.4, 0.5) is 5.69 Å². The summed E-state index contributed by atoms with van der Waals surface area (Å²) in [7, 11) is -3.28. The molecule has 1 saturated heterocycles. The van der Waals surface area contributed by atoms with Gasteiger partial charge in [0.1, 0.15) is 0 Å². The summed E-state index contributed by atoms with van der Waals surface area (Å²) in [5, 5.41) is -0.337. The molecule has 0 radical (unpaired) electrons. The highest BCUT2D eigenvalue weighted by Gasteiger charge is 2.27. The normalized spacial score (nSPS) is 17.9. The Kier molecular flexibility index (Phi) is 4.26. The molecule has 0 atom stereocenters. The molecule has 0 saturated carbocycles. The van der Waals surface area contributed by atoms with Crippen molar-refractivity contribution in [3.63, 3.8) is 0 Å². The van der Waals surface area contributed by atoms with E-state index >= 15 is 0 Å². The van der Waals surface area contributed by atoms with Crippen LogP contribution in [0, 0.1) is 3.57 Å². The van der Waals surface area contributed by atoms with Gasteiger partial charge in [0.25, 0.3) is 0 Å². The van der Waals surface area contributed by atoms with Gasteiger partial charge in [0.15, 0.2) is 0 Å². The zero-order valence-electron chi connectivity index (χ0n) is 9.23. The first-order chi connectivity index (χ1) is 8.08. The van der Waals surface area contributed by atoms with Gasteiger partial charge in [0.2, 0.25) is 10.0 Å². The Bertz CT molecular complexity index is 466. The first kappa shape index (κ1) is 13.1. The Balaban J connectivity index is 2.08. The van der Waals surface area contributed by atoms with Crippen molar-refractivity contribution in [3.05, 3.63) is 27.8 Å². The molecule has 2 rings (SSSR count). The maximum atomic E-state index is 12.1. The van der Waals surface area contributed by atoms with E-state index in [0.717, 1.165) is 3.57 Å². The fraction of sp³-hybridized carbons (Fsp3) is 0.455. The average Bonchev–Trinajstić information content (AvgIpc) is 2.33. The van der Waals surface area contributed by atoms with Gasteiger partial charge in [0.05, 0.1) is 5.25 Å². The SMILES string of the molecule is O=S(=O)(Nc1ccc(I)cc1)C1CCOCC1. The van der Waals surface area contributed by atoms with Gasteiger partial charge in [0, 0.05) is 22.5 Å². The van der Waals surface area contributed by atoms with E-state index in [2.05, 4.69) is 27.3 Å². The first-order valence-corrected chi connectivity index (χ1v) is 8.05. The van der Waals surface area contributed by atoms with Gasteiger partial charge in [-0.2, -0.15) is 0 Å². The molecule has 0 amide bonds. The van der Waals surface area contributed by atoms with Gasteiger partial charge in [-0.05, 0) is 59.7 Å². The van der Waals surface area contributed by atoms with Crippen molar-refractivity contribution in [1.82, 2.24) is 0 Å². The van der Waals surface area contributed by atoms with Crippen LogP contribution >= 0.6 is 22.6 Å². The molecular formula is C11H14INO3S. The number of hydrogen-bond donors (Lipinski definition) is 1. The average molecular weight is 367 g/mol. The quantitative estimate of drug-likeness (QED) is 0.834. The van der Waals surface area contributed by atoms with Crippen molar-refractivity contribution < 1.29 is 13.2 Å². The van der Waals surface area contributed by atoms with Crippen molar-refractivity contribution in [3.8, 4) is 0 Å². The summed E-state index contributed by atoms with van der Waals surface area (Å²) in [6.07, 6.45) is 1.14. The van der Waals surface area contributed by atoms with Crippen molar-refractivity contribution >= 4 is 38.3 Å². The summed E-state index contributed by atoms with van der Waals surface area (Å²) in [5.41, 5.74) is 0.622. The Labute approximate surface area is 115 Å². The van der Waals surface area contributed by atoms with E-state index in [-0.39, 0.29) is 5.25 Å². The zero-order chi connectivity index (χ0) is 12.3. The van der Waals surface area contributed by atoms with Crippen LogP contribution in [0.1, 0.15) is 12.8 Å². The topological polar surface area (TPSA) is 55.4 Å². The van der Waals surface area contributed by atoms with E-state index in [9.17, 15) is 8.42 Å². The smallest absolute Gasteiger partial charge is 0.235 e. The van der Waals surface area contributed by atoms with Crippen LogP contribution in [-0.2, 0) is 14.8 Å². The molecule has 1 aliphatic heterocycles. The number of anilines is 1. The lowest BCUT2D eigenvalue weighted by Crippen LogP contribution is -2.33. The fourth-order valence-electron chi connectivity index (χ4n) is 1.75. The summed E-state index contributed by atoms with van der Waals surface area (Å²) in [4.78, 5) is 0. The van der Waals surface area contributed by atoms with Crippen molar-refractivity contribution in [2.45, 2.75) is 18.1 Å². The highest BCUT2D eigenvalue weighted by atomic mass is 127. The van der Waals surface area contributed by atoms with Crippen molar-refractivity contribution in [1.29, 1.82) is 0 Å². The van der Waals surface area contributed by atoms with Gasteiger partial charge in [-0.1, -0.05) is 0 Å². The third kappa shape index (κ3) is 3.56. The van der Waals surface area contributed by atoms with Crippen LogP contribution in [0.25, 0.3) is 0 Å². The predicted molar refractivity (Wildman–Crippen MR) is 75.5 cm³/mol. The predicted octanol–water partition coefficient (Wildman–Crippen LogP) is 2.21. The highest BCUT2D eigenvalue weighted by Crippen LogP contribution is 2.19. The summed E-state index contributed by atoms with van der Waals surface area (Å²) >= 11 is 2.18. The van der Waals surface area contributed by atoms with Gasteiger partial charge in [-0.25, -0.2) is 8.42 Å². The second-order valence-corrected chi connectivity index (χ2v) is 7.17. The van der Waals surface area contributed by atoms with Crippen LogP contribution in [0.15, 0.2) is 24.3 Å². The minimum absolute atomic E-state index is 0.337. The van der Waals surface area contributed by atoms with Gasteiger partial charge in [-0.3, -0.25) is 4.72 Å². The summed E-state index contributed by atoms with van der Waals surface area (Å²) in [6.45, 7) is 1.05. The fourth-order valence-corrected chi connectivity index (χ4v) is 3.56. The highest BCUT2D eigenvalue weighted by molar-refractivity contribution is 14.1. The molecule has 1 fully saturated rings. The number of nitrogens with one attached hydrogen (secondary N) is 1. The van der Waals surface area contributed by atoms with E-state index in [1.165, 1.54) is 0 Å². The molecule has 1 N–H and O–H groups in total. The molecule has 1 aromatic carbocycles. The first-order valence-electron chi connectivity index (χ1n) is 5.43. The Morgan fingerprint density at radius 1 is 1.18 bits per heavy atom. The number of sulfonamides is 1. The van der Waals surface area contributed by atoms with Crippen LogP contribution in [0.5, 0.6) is 0 Å². The van der Waals surface area contributed by atoms with Crippen LogP contribution in [0.3, 0.4) is 0 Å². The Hall–Kier alpha value is -0.340. The minimum Gasteiger partial charge on any atom is -0.381 e. The van der Waals surface area contributed by atoms with E-state index in [0.29, 0.717) is 31.7 Å². The summed E-state index contributed by atoms with van der Waals surface area (Å²) in [6, 6.07) is 7.31. The molecule has 1 heterocycles. The Morgan fingerprint density at radius 3 is 2.35 bits per heavy atom. The minimum atomic E-state index is -3.28. The second-order valence-electron chi connectivity index (χ2n) is 3.97. The van der Waals surface area contributed by atoms with E-state index < -0.39 is 10.0 Å². The van der Waals surface area contributed by atoms with Crippen LogP contribution < -0.4 is 4.72 Å². The summed E-state index contributed by atoms with van der Waals surface area (Å²) in [5.74, 6) is 0. The second kappa shape index (κ2) is 5.53. The van der Waals surface area contributed by atoms with E-state index in [1.54, 1.807) is 12.1 Å². The van der Waals surface area contributed by atoms with Crippen molar-refractivity contribution in [2.24, 2.45) is 0 Å². The molecule has 1 aromatic rings. The molecule has 17 heavy (non-hydrogen) atoms. The molecule has 0 unspecified atom stereocenters. The van der Waals surface area contributed by atoms with Gasteiger partial charge < -0.3 is 4.74 Å². The molecule has 6 heteroatoms. The van der Waals surface area contributed by atoms with Gasteiger partial charge in [-0.15, -0.1) is 0 Å². The lowest BCUT2D eigenvalue weighted by molar-refractivity contribution is 0.0984. The molecule has 0 bridgehead atoms. The number of hydrogen-bond acceptors (Lipinski definition) is 3. The maximum absolute atomic E-state index is 12.1. The Morgan fingerprint density at radius 2 is 1.76 bits per heavy atom. The van der Waals surface area contributed by atoms with Crippen molar-refractivity contribution in [2.75, 3.05) is 17.9 Å². The number of rotatable bonds is 3. The van der Waals surface area contributed by atoms with Gasteiger partial charge >= 0.3 is 0 Å². The largest absolute Gasteiger partial charge is 0.381 e. The standard InChI is InChI=1S/C11H14INO3S/c12-9-1-3-10(4-2-9)13-17(14,15)11-5-7-16-8-6-11/h1-4,11,13H,5-8H2. The molecule has 4 nitrogen and oxygen atoms in total. The third-order valence-electron chi connectivity index (χ3n) is 2.71.